The molecule has 11 rings (SSSR count). The summed E-state index contributed by atoms with van der Waals surface area (Å²) in [4.78, 5) is 34.8. The lowest BCUT2D eigenvalue weighted by Gasteiger charge is -2.17. The molecule has 0 saturated carbocycles. The highest BCUT2D eigenvalue weighted by Gasteiger charge is 2.21. The molecule has 68 heavy (non-hydrogen) atoms. The molecule has 0 aliphatic carbocycles. The summed E-state index contributed by atoms with van der Waals surface area (Å²) in [6, 6.07) is 81.9. The second-order valence-electron chi connectivity index (χ2n) is 16.6. The monoisotopic (exact) mass is 870 g/mol. The number of carbonyl (C=O) groups is 1. The zero-order valence-corrected chi connectivity index (χ0v) is 36.9. The van der Waals surface area contributed by atoms with Crippen LogP contribution in [0.1, 0.15) is 15.9 Å². The minimum absolute atomic E-state index is 0.0736. The lowest BCUT2D eigenvalue weighted by Crippen LogP contribution is -2.03. The van der Waals surface area contributed by atoms with Gasteiger partial charge in [-0.15, -0.1) is 0 Å². The standard InChI is InChI=1S/C63H42N4O/c68-62(56-41-54(48-26-14-28-50(36-48)57-32-10-12-34-64-57)40-55(42-56)49-27-15-29-51(37-49)58-33-11-13-35-65-58)53-31-17-25-47(39-53)46-24-16-30-52(38-46)59-60(43-18-4-1-5-19-43)66-63(45-22-8-3-9-23-45)67-61(59)44-20-6-2-7-21-44/h1-42H. The number of nitrogens with zero attached hydrogens (tertiary/aromatic N) is 4. The predicted molar refractivity (Wildman–Crippen MR) is 276 cm³/mol. The second-order valence-corrected chi connectivity index (χ2v) is 16.6. The maximum atomic E-state index is 15.0. The zero-order valence-electron chi connectivity index (χ0n) is 36.9. The minimum atomic E-state index is -0.0736. The maximum Gasteiger partial charge on any atom is 0.193 e. The van der Waals surface area contributed by atoms with E-state index in [2.05, 4.69) is 107 Å². The number of benzene rings is 8. The summed E-state index contributed by atoms with van der Waals surface area (Å²) in [5.74, 6) is 0.582. The number of hydrogen-bond donors (Lipinski definition) is 0. The first-order chi connectivity index (χ1) is 33.6. The molecule has 5 nitrogen and oxygen atoms in total. The summed E-state index contributed by atoms with van der Waals surface area (Å²) in [6.45, 7) is 0. The van der Waals surface area contributed by atoms with Crippen molar-refractivity contribution in [2.24, 2.45) is 0 Å². The van der Waals surface area contributed by atoms with Crippen LogP contribution in [0.2, 0.25) is 0 Å². The topological polar surface area (TPSA) is 68.6 Å². The van der Waals surface area contributed by atoms with Crippen LogP contribution in [-0.4, -0.2) is 25.7 Å². The Labute approximate surface area is 395 Å². The highest BCUT2D eigenvalue weighted by Crippen LogP contribution is 2.41. The van der Waals surface area contributed by atoms with Gasteiger partial charge in [-0.2, -0.15) is 0 Å². The van der Waals surface area contributed by atoms with Gasteiger partial charge in [-0.25, -0.2) is 9.97 Å². The first-order valence-electron chi connectivity index (χ1n) is 22.6. The summed E-state index contributed by atoms with van der Waals surface area (Å²) in [7, 11) is 0. The molecule has 0 aliphatic heterocycles. The van der Waals surface area contributed by atoms with Crippen LogP contribution in [0, 0.1) is 0 Å². The summed E-state index contributed by atoms with van der Waals surface area (Å²) in [5, 5.41) is 0. The van der Waals surface area contributed by atoms with E-state index in [1.165, 1.54) is 0 Å². The van der Waals surface area contributed by atoms with E-state index in [-0.39, 0.29) is 5.78 Å². The molecule has 0 spiro atoms. The lowest BCUT2D eigenvalue weighted by molar-refractivity contribution is 0.103. The SMILES string of the molecule is O=C(c1cccc(-c2cccc(-c3c(-c4ccccc4)nc(-c4ccccc4)nc3-c3ccccc3)c2)c1)c1cc(-c2cccc(-c3ccccn3)c2)cc(-c2cccc(-c3ccccn3)c2)c1. The fourth-order valence-electron chi connectivity index (χ4n) is 8.80. The highest BCUT2D eigenvalue weighted by atomic mass is 16.1. The molecule has 0 saturated heterocycles. The van der Waals surface area contributed by atoms with E-state index in [1.807, 2.05) is 146 Å². The number of carbonyl (C=O) groups excluding carboxylic acids is 1. The fourth-order valence-corrected chi connectivity index (χ4v) is 8.80. The quantitative estimate of drug-likeness (QED) is 0.121. The van der Waals surface area contributed by atoms with Gasteiger partial charge in [-0.05, 0) is 106 Å². The van der Waals surface area contributed by atoms with Crippen LogP contribution in [0.4, 0.5) is 0 Å². The summed E-state index contributed by atoms with van der Waals surface area (Å²) in [6.07, 6.45) is 3.61. The van der Waals surface area contributed by atoms with Crippen molar-refractivity contribution in [1.29, 1.82) is 0 Å². The Bertz CT molecular complexity index is 3400. The van der Waals surface area contributed by atoms with E-state index < -0.39 is 0 Å². The Hall–Kier alpha value is -9.19. The van der Waals surface area contributed by atoms with E-state index in [0.717, 1.165) is 95.1 Å². The van der Waals surface area contributed by atoms with Crippen molar-refractivity contribution in [2.75, 3.05) is 0 Å². The van der Waals surface area contributed by atoms with Crippen molar-refractivity contribution in [3.05, 3.63) is 266 Å². The molecule has 320 valence electrons. The van der Waals surface area contributed by atoms with E-state index in [9.17, 15) is 4.79 Å². The number of ketones is 1. The third-order valence-corrected chi connectivity index (χ3v) is 12.2. The Morgan fingerprint density at radius 1 is 0.279 bits per heavy atom. The molecule has 8 aromatic carbocycles. The lowest BCUT2D eigenvalue weighted by atomic mass is 9.90. The number of pyridine rings is 2. The number of rotatable bonds is 11. The normalized spacial score (nSPS) is 11.0. The maximum absolute atomic E-state index is 15.0. The molecule has 0 fully saturated rings. The van der Waals surface area contributed by atoms with Gasteiger partial charge in [-0.3, -0.25) is 14.8 Å². The van der Waals surface area contributed by atoms with Gasteiger partial charge in [0.2, 0.25) is 0 Å². The second kappa shape index (κ2) is 18.7. The Morgan fingerprint density at radius 3 is 1.15 bits per heavy atom. The molecule has 0 atom stereocenters. The van der Waals surface area contributed by atoms with E-state index in [1.54, 1.807) is 12.4 Å². The van der Waals surface area contributed by atoms with Gasteiger partial charge in [0.1, 0.15) is 0 Å². The number of hydrogen-bond acceptors (Lipinski definition) is 5. The van der Waals surface area contributed by atoms with Crippen LogP contribution in [0.15, 0.2) is 255 Å². The van der Waals surface area contributed by atoms with Crippen molar-refractivity contribution in [3.8, 4) is 101 Å². The van der Waals surface area contributed by atoms with E-state index in [4.69, 9.17) is 9.97 Å². The van der Waals surface area contributed by atoms with Gasteiger partial charge in [0.25, 0.3) is 0 Å². The van der Waals surface area contributed by atoms with E-state index in [0.29, 0.717) is 17.0 Å². The molecule has 0 aliphatic rings. The van der Waals surface area contributed by atoms with Crippen molar-refractivity contribution in [3.63, 3.8) is 0 Å². The predicted octanol–water partition coefficient (Wildman–Crippen LogP) is 15.5. The van der Waals surface area contributed by atoms with Crippen LogP contribution in [-0.2, 0) is 0 Å². The van der Waals surface area contributed by atoms with Crippen LogP contribution in [0.3, 0.4) is 0 Å². The van der Waals surface area contributed by atoms with Crippen molar-refractivity contribution in [1.82, 2.24) is 19.9 Å². The van der Waals surface area contributed by atoms with Crippen LogP contribution in [0.5, 0.6) is 0 Å². The smallest absolute Gasteiger partial charge is 0.193 e. The van der Waals surface area contributed by atoms with Crippen molar-refractivity contribution in [2.45, 2.75) is 0 Å². The molecule has 0 unspecified atom stereocenters. The van der Waals surface area contributed by atoms with Crippen molar-refractivity contribution >= 4 is 5.78 Å². The molecule has 5 heteroatoms. The first kappa shape index (κ1) is 41.5. The van der Waals surface area contributed by atoms with Gasteiger partial charge in [0.15, 0.2) is 11.6 Å². The van der Waals surface area contributed by atoms with Gasteiger partial charge >= 0.3 is 0 Å². The zero-order chi connectivity index (χ0) is 45.7. The van der Waals surface area contributed by atoms with Gasteiger partial charge in [-0.1, -0.05) is 176 Å². The molecular formula is C63H42N4O. The molecule has 0 radical (unpaired) electrons. The highest BCUT2D eigenvalue weighted by molar-refractivity contribution is 6.11. The van der Waals surface area contributed by atoms with Crippen molar-refractivity contribution < 1.29 is 4.79 Å². The molecule has 3 heterocycles. The van der Waals surface area contributed by atoms with Crippen LogP contribution in [0.25, 0.3) is 101 Å². The molecule has 0 N–H and O–H groups in total. The summed E-state index contributed by atoms with van der Waals surface area (Å²) >= 11 is 0. The van der Waals surface area contributed by atoms with Gasteiger partial charge < -0.3 is 0 Å². The Kier molecular flexibility index (Phi) is 11.4. The van der Waals surface area contributed by atoms with Gasteiger partial charge in [0, 0.05) is 56.9 Å². The summed E-state index contributed by atoms with van der Waals surface area (Å²) in [5.41, 5.74) is 17.2. The number of aromatic nitrogens is 4. The Balaban J connectivity index is 1.01. The average molecular weight is 871 g/mol. The first-order valence-corrected chi connectivity index (χ1v) is 22.6. The average Bonchev–Trinajstić information content (AvgIpc) is 3.43. The molecule has 3 aromatic heterocycles. The molecular weight excluding hydrogens is 829 g/mol. The van der Waals surface area contributed by atoms with Crippen LogP contribution >= 0.6 is 0 Å². The largest absolute Gasteiger partial charge is 0.289 e. The van der Waals surface area contributed by atoms with Crippen LogP contribution < -0.4 is 0 Å². The van der Waals surface area contributed by atoms with E-state index >= 15 is 0 Å². The third-order valence-electron chi connectivity index (χ3n) is 12.2. The minimum Gasteiger partial charge on any atom is -0.289 e. The fraction of sp³-hybridized carbons (Fsp3) is 0. The van der Waals surface area contributed by atoms with Gasteiger partial charge in [0.05, 0.1) is 22.8 Å². The Morgan fingerprint density at radius 2 is 0.647 bits per heavy atom. The molecule has 0 amide bonds. The summed E-state index contributed by atoms with van der Waals surface area (Å²) < 4.78 is 0. The third kappa shape index (κ3) is 8.68. The molecule has 0 bridgehead atoms. The molecule has 11 aromatic rings.